The number of hydrogen-bond acceptors (Lipinski definition) is 3. The van der Waals surface area contributed by atoms with Crippen molar-refractivity contribution >= 4 is 17.5 Å². The second kappa shape index (κ2) is 6.91. The number of benzene rings is 1. The molecule has 20 heavy (non-hydrogen) atoms. The SMILES string of the molecule is CC(Oc1cccc(Cl)c1)C(=O)NCc1ccccn1. The van der Waals surface area contributed by atoms with Crippen LogP contribution in [0.15, 0.2) is 48.7 Å². The minimum Gasteiger partial charge on any atom is -0.481 e. The zero-order valence-corrected chi connectivity index (χ0v) is 11.8. The molecule has 0 aliphatic heterocycles. The third-order valence-corrected chi connectivity index (χ3v) is 2.88. The summed E-state index contributed by atoms with van der Waals surface area (Å²) >= 11 is 5.86. The van der Waals surface area contributed by atoms with Crippen molar-refractivity contribution < 1.29 is 9.53 Å². The highest BCUT2D eigenvalue weighted by molar-refractivity contribution is 6.30. The van der Waals surface area contributed by atoms with E-state index in [0.29, 0.717) is 17.3 Å². The van der Waals surface area contributed by atoms with E-state index in [9.17, 15) is 4.79 Å². The average molecular weight is 291 g/mol. The Balaban J connectivity index is 1.86. The lowest BCUT2D eigenvalue weighted by Gasteiger charge is -2.14. The largest absolute Gasteiger partial charge is 0.481 e. The topological polar surface area (TPSA) is 51.2 Å². The summed E-state index contributed by atoms with van der Waals surface area (Å²) in [4.78, 5) is 16.0. The zero-order chi connectivity index (χ0) is 14.4. The quantitative estimate of drug-likeness (QED) is 0.921. The molecule has 104 valence electrons. The molecule has 0 spiro atoms. The summed E-state index contributed by atoms with van der Waals surface area (Å²) in [6.45, 7) is 2.07. The molecule has 1 atom stereocenters. The summed E-state index contributed by atoms with van der Waals surface area (Å²) in [6, 6.07) is 12.5. The maximum absolute atomic E-state index is 11.9. The molecule has 5 heteroatoms. The van der Waals surface area contributed by atoms with Crippen molar-refractivity contribution in [3.05, 3.63) is 59.4 Å². The fraction of sp³-hybridized carbons (Fsp3) is 0.200. The lowest BCUT2D eigenvalue weighted by molar-refractivity contribution is -0.127. The molecule has 4 nitrogen and oxygen atoms in total. The second-order valence-corrected chi connectivity index (χ2v) is 4.69. The Hall–Kier alpha value is -2.07. The Labute approximate surface area is 122 Å². The fourth-order valence-electron chi connectivity index (χ4n) is 1.62. The van der Waals surface area contributed by atoms with Crippen LogP contribution in [0.1, 0.15) is 12.6 Å². The molecule has 0 saturated heterocycles. The van der Waals surface area contributed by atoms with Gasteiger partial charge >= 0.3 is 0 Å². The average Bonchev–Trinajstić information content (AvgIpc) is 2.46. The standard InChI is InChI=1S/C15H15ClN2O2/c1-11(20-14-7-4-5-12(16)9-14)15(19)18-10-13-6-2-3-8-17-13/h2-9,11H,10H2,1H3,(H,18,19). The van der Waals surface area contributed by atoms with Gasteiger partial charge in [-0.15, -0.1) is 0 Å². The molecule has 1 aromatic carbocycles. The number of ether oxygens (including phenoxy) is 1. The Morgan fingerprint density at radius 3 is 2.90 bits per heavy atom. The monoisotopic (exact) mass is 290 g/mol. The number of amides is 1. The smallest absolute Gasteiger partial charge is 0.261 e. The first-order chi connectivity index (χ1) is 9.65. The molecule has 1 amide bonds. The minimum absolute atomic E-state index is 0.198. The van der Waals surface area contributed by atoms with Gasteiger partial charge in [0, 0.05) is 11.2 Å². The van der Waals surface area contributed by atoms with Gasteiger partial charge in [0.25, 0.3) is 5.91 Å². The van der Waals surface area contributed by atoms with Crippen molar-refractivity contribution in [2.45, 2.75) is 19.6 Å². The third-order valence-electron chi connectivity index (χ3n) is 2.65. The number of pyridine rings is 1. The highest BCUT2D eigenvalue weighted by atomic mass is 35.5. The van der Waals surface area contributed by atoms with Gasteiger partial charge in [0.1, 0.15) is 5.75 Å². The molecule has 1 unspecified atom stereocenters. The molecule has 1 N–H and O–H groups in total. The number of rotatable bonds is 5. The van der Waals surface area contributed by atoms with Gasteiger partial charge < -0.3 is 10.1 Å². The van der Waals surface area contributed by atoms with E-state index in [0.717, 1.165) is 5.69 Å². The highest BCUT2D eigenvalue weighted by Crippen LogP contribution is 2.18. The number of halogens is 1. The van der Waals surface area contributed by atoms with E-state index in [1.54, 1.807) is 37.4 Å². The van der Waals surface area contributed by atoms with Crippen LogP contribution in [-0.4, -0.2) is 17.0 Å². The summed E-state index contributed by atoms with van der Waals surface area (Å²) in [5.41, 5.74) is 0.802. The van der Waals surface area contributed by atoms with Gasteiger partial charge in [-0.05, 0) is 37.3 Å². The van der Waals surface area contributed by atoms with Crippen LogP contribution in [0.5, 0.6) is 5.75 Å². The van der Waals surface area contributed by atoms with E-state index in [2.05, 4.69) is 10.3 Å². The Bertz CT molecular complexity index is 575. The van der Waals surface area contributed by atoms with Crippen LogP contribution >= 0.6 is 11.6 Å². The van der Waals surface area contributed by atoms with Crippen LogP contribution in [0.25, 0.3) is 0 Å². The van der Waals surface area contributed by atoms with Crippen molar-refractivity contribution in [1.82, 2.24) is 10.3 Å². The summed E-state index contributed by atoms with van der Waals surface area (Å²) in [5, 5.41) is 3.35. The lowest BCUT2D eigenvalue weighted by Crippen LogP contribution is -2.36. The van der Waals surface area contributed by atoms with Crippen molar-refractivity contribution in [3.63, 3.8) is 0 Å². The minimum atomic E-state index is -0.600. The van der Waals surface area contributed by atoms with Gasteiger partial charge in [0.15, 0.2) is 6.10 Å². The van der Waals surface area contributed by atoms with Gasteiger partial charge in [-0.3, -0.25) is 9.78 Å². The third kappa shape index (κ3) is 4.24. The van der Waals surface area contributed by atoms with Crippen molar-refractivity contribution in [2.75, 3.05) is 0 Å². The van der Waals surface area contributed by atoms with Crippen molar-refractivity contribution in [2.24, 2.45) is 0 Å². The van der Waals surface area contributed by atoms with E-state index < -0.39 is 6.10 Å². The number of nitrogens with zero attached hydrogens (tertiary/aromatic N) is 1. The van der Waals surface area contributed by atoms with Gasteiger partial charge in [0.2, 0.25) is 0 Å². The van der Waals surface area contributed by atoms with Crippen LogP contribution in [0.4, 0.5) is 0 Å². The molecule has 0 aliphatic carbocycles. The molecular formula is C15H15ClN2O2. The summed E-state index contributed by atoms with van der Waals surface area (Å²) < 4.78 is 5.53. The Kier molecular flexibility index (Phi) is 4.96. The Morgan fingerprint density at radius 2 is 2.20 bits per heavy atom. The first-order valence-corrected chi connectivity index (χ1v) is 6.63. The predicted molar refractivity (Wildman–Crippen MR) is 77.6 cm³/mol. The molecule has 0 bridgehead atoms. The van der Waals surface area contributed by atoms with E-state index in [1.165, 1.54) is 0 Å². The molecule has 1 heterocycles. The molecule has 0 radical (unpaired) electrons. The Morgan fingerprint density at radius 1 is 1.35 bits per heavy atom. The highest BCUT2D eigenvalue weighted by Gasteiger charge is 2.14. The van der Waals surface area contributed by atoms with Gasteiger partial charge in [-0.2, -0.15) is 0 Å². The molecule has 0 saturated carbocycles. The van der Waals surface area contributed by atoms with E-state index in [1.807, 2.05) is 18.2 Å². The zero-order valence-electron chi connectivity index (χ0n) is 11.0. The first-order valence-electron chi connectivity index (χ1n) is 6.25. The van der Waals surface area contributed by atoms with Crippen molar-refractivity contribution in [1.29, 1.82) is 0 Å². The molecule has 2 rings (SSSR count). The maximum Gasteiger partial charge on any atom is 0.261 e. The molecule has 0 fully saturated rings. The normalized spacial score (nSPS) is 11.7. The van der Waals surface area contributed by atoms with Crippen LogP contribution in [-0.2, 0) is 11.3 Å². The summed E-state index contributed by atoms with van der Waals surface area (Å²) in [6.07, 6.45) is 1.09. The van der Waals surface area contributed by atoms with Gasteiger partial charge in [0.05, 0.1) is 12.2 Å². The van der Waals surface area contributed by atoms with Crippen molar-refractivity contribution in [3.8, 4) is 5.75 Å². The molecule has 2 aromatic rings. The van der Waals surface area contributed by atoms with E-state index in [-0.39, 0.29) is 5.91 Å². The number of carbonyl (C=O) groups is 1. The van der Waals surface area contributed by atoms with Crippen LogP contribution in [0.3, 0.4) is 0 Å². The first kappa shape index (κ1) is 14.3. The van der Waals surface area contributed by atoms with Crippen LogP contribution < -0.4 is 10.1 Å². The lowest BCUT2D eigenvalue weighted by atomic mass is 10.3. The number of nitrogens with one attached hydrogen (secondary N) is 1. The number of carbonyl (C=O) groups excluding carboxylic acids is 1. The second-order valence-electron chi connectivity index (χ2n) is 4.26. The molecule has 0 aliphatic rings. The maximum atomic E-state index is 11.9. The number of hydrogen-bond donors (Lipinski definition) is 1. The van der Waals surface area contributed by atoms with Gasteiger partial charge in [-0.25, -0.2) is 0 Å². The van der Waals surface area contributed by atoms with E-state index in [4.69, 9.17) is 16.3 Å². The van der Waals surface area contributed by atoms with E-state index >= 15 is 0 Å². The summed E-state index contributed by atoms with van der Waals surface area (Å²) in [5.74, 6) is 0.369. The molecular weight excluding hydrogens is 276 g/mol. The summed E-state index contributed by atoms with van der Waals surface area (Å²) in [7, 11) is 0. The van der Waals surface area contributed by atoms with Crippen LogP contribution in [0, 0.1) is 0 Å². The number of aromatic nitrogens is 1. The van der Waals surface area contributed by atoms with Gasteiger partial charge in [-0.1, -0.05) is 23.7 Å². The van der Waals surface area contributed by atoms with Crippen LogP contribution in [0.2, 0.25) is 5.02 Å². The molecule has 1 aromatic heterocycles. The predicted octanol–water partition coefficient (Wildman–Crippen LogP) is 2.82. The fourth-order valence-corrected chi connectivity index (χ4v) is 1.80.